The Hall–Kier alpha value is -2.58. The Morgan fingerprint density at radius 3 is 2.54 bits per heavy atom. The summed E-state index contributed by atoms with van der Waals surface area (Å²) in [5, 5.41) is 5.58. The predicted octanol–water partition coefficient (Wildman–Crippen LogP) is 0.551. The molecule has 28 heavy (non-hydrogen) atoms. The molecule has 8 heteroatoms. The maximum absolute atomic E-state index is 12.8. The van der Waals surface area contributed by atoms with E-state index in [1.807, 2.05) is 0 Å². The lowest BCUT2D eigenvalue weighted by molar-refractivity contribution is -0.136. The van der Waals surface area contributed by atoms with E-state index in [1.165, 1.54) is 0 Å². The molecule has 1 aromatic carbocycles. The molecule has 0 saturated carbocycles. The largest absolute Gasteiger partial charge is 0.329 e. The minimum absolute atomic E-state index is 0.106. The van der Waals surface area contributed by atoms with Gasteiger partial charge < -0.3 is 11.1 Å². The second-order valence-electron chi connectivity index (χ2n) is 7.77. The smallest absolute Gasteiger partial charge is 0.262 e. The summed E-state index contributed by atoms with van der Waals surface area (Å²) in [6, 6.07) is 4.34. The van der Waals surface area contributed by atoms with Gasteiger partial charge in [-0.05, 0) is 36.5 Å². The molecule has 0 aromatic heterocycles. The first-order chi connectivity index (χ1) is 13.3. The second-order valence-corrected chi connectivity index (χ2v) is 7.77. The first-order valence-electron chi connectivity index (χ1n) is 9.59. The molecule has 4 amide bonds. The van der Waals surface area contributed by atoms with Crippen LogP contribution in [0.1, 0.15) is 59.4 Å². The zero-order valence-corrected chi connectivity index (χ0v) is 16.2. The topological polar surface area (TPSA) is 122 Å². The molecule has 1 saturated heterocycles. The zero-order valence-electron chi connectivity index (χ0n) is 16.2. The molecule has 150 valence electrons. The van der Waals surface area contributed by atoms with E-state index in [-0.39, 0.29) is 30.4 Å². The molecule has 2 unspecified atom stereocenters. The molecular formula is C20H26N4O4. The highest BCUT2D eigenvalue weighted by molar-refractivity contribution is 6.23. The number of nitrogens with zero attached hydrogens (tertiary/aromatic N) is 1. The third kappa shape index (κ3) is 3.98. The summed E-state index contributed by atoms with van der Waals surface area (Å²) in [4.78, 5) is 49.9. The van der Waals surface area contributed by atoms with Crippen molar-refractivity contribution in [3.05, 3.63) is 34.9 Å². The van der Waals surface area contributed by atoms with Crippen LogP contribution in [0.2, 0.25) is 0 Å². The van der Waals surface area contributed by atoms with Crippen molar-refractivity contribution in [1.82, 2.24) is 15.5 Å². The van der Waals surface area contributed by atoms with Crippen molar-refractivity contribution in [1.29, 1.82) is 0 Å². The summed E-state index contributed by atoms with van der Waals surface area (Å²) >= 11 is 0. The van der Waals surface area contributed by atoms with Crippen LogP contribution in [0.4, 0.5) is 0 Å². The summed E-state index contributed by atoms with van der Waals surface area (Å²) in [7, 11) is 0. The van der Waals surface area contributed by atoms with Gasteiger partial charge in [0.2, 0.25) is 11.8 Å². The summed E-state index contributed by atoms with van der Waals surface area (Å²) in [5.41, 5.74) is 7.26. The molecule has 2 atom stereocenters. The van der Waals surface area contributed by atoms with Crippen molar-refractivity contribution < 1.29 is 19.2 Å². The first-order valence-corrected chi connectivity index (χ1v) is 9.59. The van der Waals surface area contributed by atoms with Gasteiger partial charge in [0.1, 0.15) is 6.04 Å². The maximum Gasteiger partial charge on any atom is 0.262 e. The number of carbonyl (C=O) groups excluding carboxylic acids is 4. The van der Waals surface area contributed by atoms with Crippen LogP contribution in [-0.4, -0.2) is 47.2 Å². The molecule has 0 spiro atoms. The number of rotatable bonds is 7. The van der Waals surface area contributed by atoms with E-state index >= 15 is 0 Å². The van der Waals surface area contributed by atoms with Gasteiger partial charge in [0.05, 0.1) is 11.1 Å². The molecule has 8 nitrogen and oxygen atoms in total. The number of fused-ring (bicyclic) bond motifs is 1. The van der Waals surface area contributed by atoms with Crippen molar-refractivity contribution >= 4 is 23.6 Å². The molecule has 4 N–H and O–H groups in total. The SMILES string of the molecule is CC(C)CC(CN)NCc1ccc2c(c1)C(=O)N(C1CCC(=O)NC1=O)C2=O. The van der Waals surface area contributed by atoms with Crippen LogP contribution in [0.15, 0.2) is 18.2 Å². The quantitative estimate of drug-likeness (QED) is 0.589. The number of nitrogens with one attached hydrogen (secondary N) is 2. The summed E-state index contributed by atoms with van der Waals surface area (Å²) in [6.07, 6.45) is 1.20. The van der Waals surface area contributed by atoms with Crippen LogP contribution in [-0.2, 0) is 16.1 Å². The molecule has 0 bridgehead atoms. The van der Waals surface area contributed by atoms with Gasteiger partial charge >= 0.3 is 0 Å². The summed E-state index contributed by atoms with van der Waals surface area (Å²) in [6.45, 7) is 5.31. The third-order valence-electron chi connectivity index (χ3n) is 5.14. The van der Waals surface area contributed by atoms with E-state index in [9.17, 15) is 19.2 Å². The van der Waals surface area contributed by atoms with Crippen LogP contribution >= 0.6 is 0 Å². The van der Waals surface area contributed by atoms with Crippen LogP contribution in [0, 0.1) is 5.92 Å². The van der Waals surface area contributed by atoms with Crippen LogP contribution in [0.5, 0.6) is 0 Å². The normalized spacial score (nSPS) is 20.6. The highest BCUT2D eigenvalue weighted by atomic mass is 16.2. The summed E-state index contributed by atoms with van der Waals surface area (Å²) in [5.74, 6) is -1.46. The van der Waals surface area contributed by atoms with Crippen molar-refractivity contribution in [3.63, 3.8) is 0 Å². The minimum atomic E-state index is -0.945. The Labute approximate surface area is 163 Å². The van der Waals surface area contributed by atoms with Gasteiger partial charge in [-0.3, -0.25) is 29.4 Å². The van der Waals surface area contributed by atoms with Crippen molar-refractivity contribution in [2.75, 3.05) is 6.54 Å². The van der Waals surface area contributed by atoms with Crippen molar-refractivity contribution in [3.8, 4) is 0 Å². The van der Waals surface area contributed by atoms with Gasteiger partial charge in [0.25, 0.3) is 11.8 Å². The standard InChI is InChI=1S/C20H26N4O4/c1-11(2)7-13(9-21)22-10-12-3-4-14-15(8-12)20(28)24(19(14)27)16-5-6-17(25)23-18(16)26/h3-4,8,11,13,16,22H,5-7,9-10,21H2,1-2H3,(H,23,25,26). The highest BCUT2D eigenvalue weighted by Gasteiger charge is 2.44. The molecule has 0 radical (unpaired) electrons. The lowest BCUT2D eigenvalue weighted by Gasteiger charge is -2.27. The highest BCUT2D eigenvalue weighted by Crippen LogP contribution is 2.28. The number of nitrogens with two attached hydrogens (primary N) is 1. The van der Waals surface area contributed by atoms with Gasteiger partial charge in [-0.25, -0.2) is 0 Å². The fraction of sp³-hybridized carbons (Fsp3) is 0.500. The first kappa shape index (κ1) is 20.2. The average molecular weight is 386 g/mol. The molecule has 0 aliphatic carbocycles. The van der Waals surface area contributed by atoms with E-state index in [2.05, 4.69) is 24.5 Å². The number of piperidine rings is 1. The number of hydrogen-bond acceptors (Lipinski definition) is 6. The molecule has 2 heterocycles. The van der Waals surface area contributed by atoms with Gasteiger partial charge in [0.15, 0.2) is 0 Å². The van der Waals surface area contributed by atoms with E-state index in [0.29, 0.717) is 24.6 Å². The Morgan fingerprint density at radius 1 is 1.18 bits per heavy atom. The predicted molar refractivity (Wildman–Crippen MR) is 102 cm³/mol. The third-order valence-corrected chi connectivity index (χ3v) is 5.14. The Bertz CT molecular complexity index is 820. The lowest BCUT2D eigenvalue weighted by Crippen LogP contribution is -2.54. The molecule has 2 aliphatic rings. The van der Waals surface area contributed by atoms with Gasteiger partial charge in [-0.1, -0.05) is 19.9 Å². The monoisotopic (exact) mass is 386 g/mol. The lowest BCUT2D eigenvalue weighted by atomic mass is 10.0. The van der Waals surface area contributed by atoms with Gasteiger partial charge in [-0.2, -0.15) is 0 Å². The van der Waals surface area contributed by atoms with Crippen LogP contribution in [0.3, 0.4) is 0 Å². The van der Waals surface area contributed by atoms with E-state index in [1.54, 1.807) is 18.2 Å². The molecule has 3 rings (SSSR count). The molecule has 1 aromatic rings. The molecule has 2 aliphatic heterocycles. The van der Waals surface area contributed by atoms with Crippen molar-refractivity contribution in [2.24, 2.45) is 11.7 Å². The van der Waals surface area contributed by atoms with E-state index in [0.717, 1.165) is 16.9 Å². The number of benzene rings is 1. The van der Waals surface area contributed by atoms with E-state index in [4.69, 9.17) is 5.73 Å². The zero-order chi connectivity index (χ0) is 20.4. The Balaban J connectivity index is 1.74. The Morgan fingerprint density at radius 2 is 1.89 bits per heavy atom. The fourth-order valence-corrected chi connectivity index (χ4v) is 3.72. The Kier molecular flexibility index (Phi) is 5.90. The number of hydrogen-bond donors (Lipinski definition) is 3. The molecular weight excluding hydrogens is 360 g/mol. The van der Waals surface area contributed by atoms with Crippen LogP contribution in [0.25, 0.3) is 0 Å². The van der Waals surface area contributed by atoms with Gasteiger partial charge in [-0.15, -0.1) is 0 Å². The number of amides is 4. The molecule has 1 fully saturated rings. The van der Waals surface area contributed by atoms with Gasteiger partial charge in [0, 0.05) is 25.6 Å². The fourth-order valence-electron chi connectivity index (χ4n) is 3.72. The maximum atomic E-state index is 12.8. The van der Waals surface area contributed by atoms with Crippen LogP contribution < -0.4 is 16.4 Å². The minimum Gasteiger partial charge on any atom is -0.329 e. The van der Waals surface area contributed by atoms with E-state index < -0.39 is 23.8 Å². The summed E-state index contributed by atoms with van der Waals surface area (Å²) < 4.78 is 0. The number of imide groups is 2. The second kappa shape index (κ2) is 8.20. The van der Waals surface area contributed by atoms with Crippen molar-refractivity contribution in [2.45, 2.75) is 51.7 Å². The average Bonchev–Trinajstić information content (AvgIpc) is 2.89. The number of carbonyl (C=O) groups is 4.